The topological polar surface area (TPSA) is 54.7 Å². The van der Waals surface area contributed by atoms with Gasteiger partial charge < -0.3 is 10.7 Å². The molecule has 0 spiro atoms. The third-order valence-corrected chi connectivity index (χ3v) is 3.16. The molecule has 1 aromatic carbocycles. The summed E-state index contributed by atoms with van der Waals surface area (Å²) in [7, 11) is 0. The molecule has 0 amide bonds. The van der Waals surface area contributed by atoms with Crippen LogP contribution >= 0.6 is 11.8 Å². The van der Waals surface area contributed by atoms with Crippen molar-refractivity contribution in [3.8, 4) is 0 Å². The van der Waals surface area contributed by atoms with Crippen LogP contribution in [0.15, 0.2) is 41.8 Å². The zero-order valence-corrected chi connectivity index (χ0v) is 9.29. The molecule has 3 N–H and O–H groups in total. The number of benzene rings is 1. The Hall–Kier alpha value is -1.26. The van der Waals surface area contributed by atoms with Gasteiger partial charge in [0.15, 0.2) is 5.16 Å². The van der Waals surface area contributed by atoms with Crippen LogP contribution in [-0.4, -0.2) is 9.97 Å². The number of H-pyrrole nitrogens is 1. The van der Waals surface area contributed by atoms with E-state index >= 15 is 0 Å². The lowest BCUT2D eigenvalue weighted by atomic mass is 10.1. The first-order valence-electron chi connectivity index (χ1n) is 4.74. The number of nitrogens with one attached hydrogen (secondary N) is 1. The average Bonchev–Trinajstić information content (AvgIpc) is 2.71. The monoisotopic (exact) mass is 219 g/mol. The van der Waals surface area contributed by atoms with Crippen LogP contribution in [0.4, 0.5) is 0 Å². The van der Waals surface area contributed by atoms with Crippen molar-refractivity contribution < 1.29 is 0 Å². The molecule has 15 heavy (non-hydrogen) atoms. The van der Waals surface area contributed by atoms with Gasteiger partial charge in [-0.25, -0.2) is 4.98 Å². The highest BCUT2D eigenvalue weighted by Gasteiger charge is 2.10. The smallest absolute Gasteiger partial charge is 0.167 e. The van der Waals surface area contributed by atoms with E-state index in [-0.39, 0.29) is 5.37 Å². The first kappa shape index (κ1) is 10.3. The third-order valence-electron chi connectivity index (χ3n) is 2.21. The minimum absolute atomic E-state index is 0.0719. The summed E-state index contributed by atoms with van der Waals surface area (Å²) < 4.78 is 0. The molecular weight excluding hydrogens is 206 g/mol. The van der Waals surface area contributed by atoms with Crippen LogP contribution < -0.4 is 5.73 Å². The Labute approximate surface area is 93.1 Å². The Bertz CT molecular complexity index is 425. The van der Waals surface area contributed by atoms with Crippen molar-refractivity contribution in [3.05, 3.63) is 47.8 Å². The maximum Gasteiger partial charge on any atom is 0.167 e. The molecule has 4 heteroatoms. The van der Waals surface area contributed by atoms with Crippen LogP contribution in [0.1, 0.15) is 16.5 Å². The Morgan fingerprint density at radius 3 is 2.87 bits per heavy atom. The maximum absolute atomic E-state index is 6.09. The molecule has 0 aliphatic heterocycles. The summed E-state index contributed by atoms with van der Waals surface area (Å²) in [6.07, 6.45) is 3.53. The van der Waals surface area contributed by atoms with Crippen LogP contribution in [0, 0.1) is 6.92 Å². The predicted octanol–water partition coefficient (Wildman–Crippen LogP) is 2.47. The fourth-order valence-electron chi connectivity index (χ4n) is 1.41. The summed E-state index contributed by atoms with van der Waals surface area (Å²) in [4.78, 5) is 7.17. The predicted molar refractivity (Wildman–Crippen MR) is 62.6 cm³/mol. The van der Waals surface area contributed by atoms with Gasteiger partial charge in [-0.15, -0.1) is 0 Å². The summed E-state index contributed by atoms with van der Waals surface area (Å²) in [5, 5.41) is 0.781. The number of nitrogens with zero attached hydrogens (tertiary/aromatic N) is 1. The molecule has 0 saturated heterocycles. The number of thioether (sulfide) groups is 1. The lowest BCUT2D eigenvalue weighted by Crippen LogP contribution is -2.07. The molecule has 0 aliphatic rings. The first-order chi connectivity index (χ1) is 7.27. The van der Waals surface area contributed by atoms with Gasteiger partial charge in [-0.2, -0.15) is 0 Å². The SMILES string of the molecule is Cc1ccccc1C(N)Sc1ncc[nH]1. The zero-order chi connectivity index (χ0) is 10.7. The number of nitrogens with two attached hydrogens (primary N) is 1. The van der Waals surface area contributed by atoms with Gasteiger partial charge in [0.05, 0.1) is 5.37 Å². The van der Waals surface area contributed by atoms with E-state index in [0.29, 0.717) is 0 Å². The van der Waals surface area contributed by atoms with Crippen molar-refractivity contribution in [2.24, 2.45) is 5.73 Å². The lowest BCUT2D eigenvalue weighted by molar-refractivity contribution is 0.980. The molecule has 0 aliphatic carbocycles. The van der Waals surface area contributed by atoms with E-state index in [2.05, 4.69) is 29.0 Å². The number of imidazole rings is 1. The zero-order valence-electron chi connectivity index (χ0n) is 8.47. The number of aromatic nitrogens is 2. The fraction of sp³-hybridized carbons (Fsp3) is 0.182. The molecule has 1 aromatic heterocycles. The van der Waals surface area contributed by atoms with E-state index in [1.54, 1.807) is 12.4 Å². The number of aromatic amines is 1. The summed E-state index contributed by atoms with van der Waals surface area (Å²) >= 11 is 1.53. The fourth-order valence-corrected chi connectivity index (χ4v) is 2.29. The van der Waals surface area contributed by atoms with Gasteiger partial charge in [0, 0.05) is 12.4 Å². The summed E-state index contributed by atoms with van der Waals surface area (Å²) in [5.74, 6) is 0. The summed E-state index contributed by atoms with van der Waals surface area (Å²) in [6.45, 7) is 2.07. The molecule has 0 bridgehead atoms. The Morgan fingerprint density at radius 2 is 2.20 bits per heavy atom. The van der Waals surface area contributed by atoms with Crippen LogP contribution in [0.3, 0.4) is 0 Å². The van der Waals surface area contributed by atoms with E-state index in [0.717, 1.165) is 10.7 Å². The Balaban J connectivity index is 2.15. The Morgan fingerprint density at radius 1 is 1.40 bits per heavy atom. The number of hydrogen-bond donors (Lipinski definition) is 2. The number of aryl methyl sites for hydroxylation is 1. The molecule has 78 valence electrons. The van der Waals surface area contributed by atoms with Crippen molar-refractivity contribution in [2.75, 3.05) is 0 Å². The van der Waals surface area contributed by atoms with Crippen molar-refractivity contribution in [3.63, 3.8) is 0 Å². The third kappa shape index (κ3) is 2.40. The number of hydrogen-bond acceptors (Lipinski definition) is 3. The van der Waals surface area contributed by atoms with Gasteiger partial charge in [-0.3, -0.25) is 0 Å². The van der Waals surface area contributed by atoms with Crippen LogP contribution in [0.5, 0.6) is 0 Å². The largest absolute Gasteiger partial charge is 0.340 e. The molecule has 2 rings (SSSR count). The van der Waals surface area contributed by atoms with Crippen LogP contribution in [0.2, 0.25) is 0 Å². The van der Waals surface area contributed by atoms with E-state index in [9.17, 15) is 0 Å². The molecule has 3 nitrogen and oxygen atoms in total. The summed E-state index contributed by atoms with van der Waals surface area (Å²) in [6, 6.07) is 8.14. The molecule has 1 heterocycles. The van der Waals surface area contributed by atoms with Gasteiger partial charge in [-0.05, 0) is 18.1 Å². The molecule has 0 fully saturated rings. The van der Waals surface area contributed by atoms with Gasteiger partial charge >= 0.3 is 0 Å². The summed E-state index contributed by atoms with van der Waals surface area (Å²) in [5.41, 5.74) is 8.45. The molecule has 1 unspecified atom stereocenters. The van der Waals surface area contributed by atoms with Gasteiger partial charge in [0.1, 0.15) is 0 Å². The number of rotatable bonds is 3. The first-order valence-corrected chi connectivity index (χ1v) is 5.62. The highest BCUT2D eigenvalue weighted by atomic mass is 32.2. The molecule has 0 saturated carbocycles. The van der Waals surface area contributed by atoms with Crippen molar-refractivity contribution in [1.82, 2.24) is 9.97 Å². The maximum atomic E-state index is 6.09. The normalized spacial score (nSPS) is 12.7. The second kappa shape index (κ2) is 4.51. The van der Waals surface area contributed by atoms with E-state index in [1.807, 2.05) is 12.1 Å². The lowest BCUT2D eigenvalue weighted by Gasteiger charge is -2.12. The molecule has 0 radical (unpaired) electrons. The molecule has 1 atom stereocenters. The molecule has 2 aromatic rings. The van der Waals surface area contributed by atoms with Crippen molar-refractivity contribution in [1.29, 1.82) is 0 Å². The van der Waals surface area contributed by atoms with Crippen LogP contribution in [-0.2, 0) is 0 Å². The second-order valence-corrected chi connectivity index (χ2v) is 4.42. The van der Waals surface area contributed by atoms with E-state index in [4.69, 9.17) is 5.73 Å². The van der Waals surface area contributed by atoms with Crippen LogP contribution in [0.25, 0.3) is 0 Å². The highest BCUT2D eigenvalue weighted by Crippen LogP contribution is 2.29. The highest BCUT2D eigenvalue weighted by molar-refractivity contribution is 7.99. The van der Waals surface area contributed by atoms with Crippen molar-refractivity contribution in [2.45, 2.75) is 17.5 Å². The minimum Gasteiger partial charge on any atom is -0.340 e. The van der Waals surface area contributed by atoms with Crippen molar-refractivity contribution >= 4 is 11.8 Å². The quantitative estimate of drug-likeness (QED) is 0.616. The van der Waals surface area contributed by atoms with Gasteiger partial charge in [-0.1, -0.05) is 36.0 Å². The van der Waals surface area contributed by atoms with Gasteiger partial charge in [0.25, 0.3) is 0 Å². The van der Waals surface area contributed by atoms with E-state index < -0.39 is 0 Å². The average molecular weight is 219 g/mol. The standard InChI is InChI=1S/C11H13N3S/c1-8-4-2-3-5-9(8)10(12)15-11-13-6-7-14-11/h2-7,10H,12H2,1H3,(H,13,14). The second-order valence-electron chi connectivity index (χ2n) is 3.29. The Kier molecular flexibility index (Phi) is 3.08. The van der Waals surface area contributed by atoms with Gasteiger partial charge in [0.2, 0.25) is 0 Å². The molecular formula is C11H13N3S. The van der Waals surface area contributed by atoms with E-state index in [1.165, 1.54) is 17.3 Å². The minimum atomic E-state index is -0.0719.